The van der Waals surface area contributed by atoms with Gasteiger partial charge in [-0.2, -0.15) is 0 Å². The molecule has 1 N–H and O–H groups in total. The number of fused-ring (bicyclic) bond motifs is 1. The quantitative estimate of drug-likeness (QED) is 0.746. The van der Waals surface area contributed by atoms with Gasteiger partial charge in [-0.25, -0.2) is 4.39 Å². The normalized spacial score (nSPS) is 12.7. The molecule has 0 saturated carbocycles. The van der Waals surface area contributed by atoms with E-state index in [0.29, 0.717) is 0 Å². The Morgan fingerprint density at radius 1 is 1.05 bits per heavy atom. The minimum absolute atomic E-state index is 0.109. The highest BCUT2D eigenvalue weighted by Crippen LogP contribution is 2.32. The molecule has 96 valence electrons. The van der Waals surface area contributed by atoms with Crippen molar-refractivity contribution in [3.63, 3.8) is 0 Å². The number of halogens is 1. The van der Waals surface area contributed by atoms with Gasteiger partial charge >= 0.3 is 0 Å². The molecule has 0 aliphatic rings. The lowest BCUT2D eigenvalue weighted by Crippen LogP contribution is -2.16. The number of hydrogen-bond acceptors (Lipinski definition) is 2. The van der Waals surface area contributed by atoms with Crippen LogP contribution >= 0.6 is 11.3 Å². The number of hydrogen-bond donors (Lipinski definition) is 1. The maximum atomic E-state index is 13.0. The second-order valence-corrected chi connectivity index (χ2v) is 5.58. The van der Waals surface area contributed by atoms with Crippen LogP contribution in [0.4, 0.5) is 4.39 Å². The van der Waals surface area contributed by atoms with E-state index in [1.807, 2.05) is 25.2 Å². The van der Waals surface area contributed by atoms with Crippen molar-refractivity contribution in [2.45, 2.75) is 6.04 Å². The largest absolute Gasteiger partial charge is 0.309 e. The predicted octanol–water partition coefficient (Wildman–Crippen LogP) is 4.35. The van der Waals surface area contributed by atoms with Gasteiger partial charge in [0, 0.05) is 9.58 Å². The molecule has 0 amide bonds. The van der Waals surface area contributed by atoms with Gasteiger partial charge in [-0.1, -0.05) is 30.3 Å². The van der Waals surface area contributed by atoms with E-state index in [2.05, 4.69) is 29.6 Å². The zero-order valence-corrected chi connectivity index (χ0v) is 11.4. The van der Waals surface area contributed by atoms with Crippen molar-refractivity contribution in [1.29, 1.82) is 0 Å². The Labute approximate surface area is 115 Å². The fourth-order valence-electron chi connectivity index (χ4n) is 2.27. The Kier molecular flexibility index (Phi) is 3.32. The minimum Gasteiger partial charge on any atom is -0.309 e. The summed E-state index contributed by atoms with van der Waals surface area (Å²) in [4.78, 5) is 1.25. The molecule has 0 radical (unpaired) electrons. The number of thiophene rings is 1. The van der Waals surface area contributed by atoms with Crippen molar-refractivity contribution in [3.05, 3.63) is 70.9 Å². The summed E-state index contributed by atoms with van der Waals surface area (Å²) in [6.07, 6.45) is 0. The first-order chi connectivity index (χ1) is 9.28. The highest BCUT2D eigenvalue weighted by molar-refractivity contribution is 7.19. The summed E-state index contributed by atoms with van der Waals surface area (Å²) in [5, 5.41) is 4.56. The summed E-state index contributed by atoms with van der Waals surface area (Å²) < 4.78 is 14.3. The number of nitrogens with one attached hydrogen (secondary N) is 1. The molecule has 2 aromatic carbocycles. The molecule has 1 atom stereocenters. The van der Waals surface area contributed by atoms with Crippen LogP contribution in [-0.2, 0) is 0 Å². The van der Waals surface area contributed by atoms with Crippen molar-refractivity contribution in [1.82, 2.24) is 5.32 Å². The predicted molar refractivity (Wildman–Crippen MR) is 79.1 cm³/mol. The molecule has 3 aromatic rings. The van der Waals surface area contributed by atoms with Gasteiger partial charge in [0.25, 0.3) is 0 Å². The van der Waals surface area contributed by atoms with Crippen LogP contribution in [0.5, 0.6) is 0 Å². The zero-order valence-electron chi connectivity index (χ0n) is 10.6. The highest BCUT2D eigenvalue weighted by atomic mass is 32.1. The van der Waals surface area contributed by atoms with Crippen molar-refractivity contribution < 1.29 is 4.39 Å². The third-order valence-electron chi connectivity index (χ3n) is 3.22. The van der Waals surface area contributed by atoms with E-state index in [1.54, 1.807) is 11.3 Å². The van der Waals surface area contributed by atoms with Crippen molar-refractivity contribution >= 4 is 21.4 Å². The maximum Gasteiger partial charge on any atom is 0.123 e. The maximum absolute atomic E-state index is 13.0. The molecule has 0 saturated heterocycles. The van der Waals surface area contributed by atoms with Crippen molar-refractivity contribution in [2.75, 3.05) is 7.05 Å². The molecule has 1 unspecified atom stereocenters. The molecule has 0 aliphatic carbocycles. The Morgan fingerprint density at radius 2 is 1.79 bits per heavy atom. The summed E-state index contributed by atoms with van der Waals surface area (Å²) in [6.45, 7) is 0. The molecular weight excluding hydrogens is 257 g/mol. The molecule has 1 aromatic heterocycles. The van der Waals surface area contributed by atoms with E-state index in [0.717, 1.165) is 5.56 Å². The van der Waals surface area contributed by atoms with Gasteiger partial charge in [-0.05, 0) is 42.3 Å². The molecule has 0 bridgehead atoms. The van der Waals surface area contributed by atoms with Crippen LogP contribution < -0.4 is 5.32 Å². The third kappa shape index (κ3) is 2.39. The first-order valence-electron chi connectivity index (χ1n) is 6.19. The van der Waals surface area contributed by atoms with Gasteiger partial charge in [-0.3, -0.25) is 0 Å². The zero-order chi connectivity index (χ0) is 13.2. The minimum atomic E-state index is -0.199. The van der Waals surface area contributed by atoms with Crippen LogP contribution in [0.25, 0.3) is 10.1 Å². The van der Waals surface area contributed by atoms with E-state index in [4.69, 9.17) is 0 Å². The molecule has 1 nitrogen and oxygen atoms in total. The monoisotopic (exact) mass is 271 g/mol. The van der Waals surface area contributed by atoms with E-state index >= 15 is 0 Å². The third-order valence-corrected chi connectivity index (χ3v) is 4.40. The summed E-state index contributed by atoms with van der Waals surface area (Å²) in [7, 11) is 1.93. The van der Waals surface area contributed by atoms with Crippen LogP contribution in [0.15, 0.2) is 54.6 Å². The number of rotatable bonds is 3. The molecule has 0 spiro atoms. The number of benzene rings is 2. The van der Waals surface area contributed by atoms with Crippen LogP contribution in [0.1, 0.15) is 16.5 Å². The second kappa shape index (κ2) is 5.11. The lowest BCUT2D eigenvalue weighted by Gasteiger charge is -2.14. The van der Waals surface area contributed by atoms with E-state index < -0.39 is 0 Å². The van der Waals surface area contributed by atoms with Gasteiger partial charge < -0.3 is 5.32 Å². The van der Waals surface area contributed by atoms with Gasteiger partial charge in [0.1, 0.15) is 5.82 Å². The molecule has 0 aliphatic heterocycles. The molecule has 19 heavy (non-hydrogen) atoms. The first kappa shape index (κ1) is 12.3. The Balaban J connectivity index is 2.04. The molecule has 3 heteroatoms. The molecular formula is C16H14FNS. The average molecular weight is 271 g/mol. The van der Waals surface area contributed by atoms with Gasteiger partial charge in [0.15, 0.2) is 0 Å². The van der Waals surface area contributed by atoms with Crippen LogP contribution in [0.2, 0.25) is 0 Å². The first-order valence-corrected chi connectivity index (χ1v) is 7.01. The van der Waals surface area contributed by atoms with Gasteiger partial charge in [0.05, 0.1) is 6.04 Å². The summed E-state index contributed by atoms with van der Waals surface area (Å²) in [6, 6.07) is 17.3. The molecule has 1 heterocycles. The van der Waals surface area contributed by atoms with Crippen LogP contribution in [0, 0.1) is 5.82 Å². The second-order valence-electron chi connectivity index (χ2n) is 4.46. The SMILES string of the molecule is CNC(c1ccc(F)cc1)c1cc2ccccc2s1. The summed E-state index contributed by atoms with van der Waals surface area (Å²) in [5.41, 5.74) is 1.08. The van der Waals surface area contributed by atoms with Crippen LogP contribution in [0.3, 0.4) is 0 Å². The van der Waals surface area contributed by atoms with E-state index in [-0.39, 0.29) is 11.9 Å². The fourth-order valence-corrected chi connectivity index (χ4v) is 3.48. The summed E-state index contributed by atoms with van der Waals surface area (Å²) >= 11 is 1.77. The van der Waals surface area contributed by atoms with E-state index in [9.17, 15) is 4.39 Å². The molecule has 3 rings (SSSR count). The lowest BCUT2D eigenvalue weighted by molar-refractivity contribution is 0.624. The Morgan fingerprint density at radius 3 is 2.47 bits per heavy atom. The van der Waals surface area contributed by atoms with Crippen molar-refractivity contribution in [2.24, 2.45) is 0 Å². The fraction of sp³-hybridized carbons (Fsp3) is 0.125. The lowest BCUT2D eigenvalue weighted by atomic mass is 10.1. The topological polar surface area (TPSA) is 12.0 Å². The Hall–Kier alpha value is -1.71. The highest BCUT2D eigenvalue weighted by Gasteiger charge is 2.14. The van der Waals surface area contributed by atoms with Gasteiger partial charge in [0.2, 0.25) is 0 Å². The standard InChI is InChI=1S/C16H14FNS/c1-18-16(11-6-8-13(17)9-7-11)15-10-12-4-2-3-5-14(12)19-15/h2-10,16,18H,1H3. The van der Waals surface area contributed by atoms with Crippen molar-refractivity contribution in [3.8, 4) is 0 Å². The van der Waals surface area contributed by atoms with E-state index in [1.165, 1.54) is 27.1 Å². The molecule has 0 fully saturated rings. The Bertz CT molecular complexity index is 654. The average Bonchev–Trinajstić information content (AvgIpc) is 2.85. The summed E-state index contributed by atoms with van der Waals surface area (Å²) in [5.74, 6) is -0.199. The van der Waals surface area contributed by atoms with Gasteiger partial charge in [-0.15, -0.1) is 11.3 Å². The smallest absolute Gasteiger partial charge is 0.123 e. The van der Waals surface area contributed by atoms with Crippen LogP contribution in [-0.4, -0.2) is 7.05 Å².